The lowest BCUT2D eigenvalue weighted by atomic mass is 10.2. The van der Waals surface area contributed by atoms with Crippen LogP contribution in [0.3, 0.4) is 0 Å². The fourth-order valence-corrected chi connectivity index (χ4v) is 3.67. The third-order valence-electron chi connectivity index (χ3n) is 4.63. The third kappa shape index (κ3) is 4.57. The maximum Gasteiger partial charge on any atom is 0.328 e. The minimum atomic E-state index is -0.659. The molecule has 0 radical (unpaired) electrons. The first-order valence-electron chi connectivity index (χ1n) is 9.14. The van der Waals surface area contributed by atoms with E-state index in [4.69, 9.17) is 4.74 Å². The van der Waals surface area contributed by atoms with Crippen LogP contribution in [0.4, 0.5) is 0 Å². The lowest BCUT2D eigenvalue weighted by Gasteiger charge is -2.17. The Kier molecular flexibility index (Phi) is 6.76. The van der Waals surface area contributed by atoms with E-state index in [-0.39, 0.29) is 5.91 Å². The second-order valence-corrected chi connectivity index (χ2v) is 7.48. The first kappa shape index (κ1) is 20.0. The average Bonchev–Trinajstić information content (AvgIpc) is 3.09. The zero-order valence-electron chi connectivity index (χ0n) is 16.1. The first-order valence-corrected chi connectivity index (χ1v) is 10.5. The topological polar surface area (TPSA) is 60.3 Å². The van der Waals surface area contributed by atoms with Gasteiger partial charge in [0.15, 0.2) is 0 Å². The van der Waals surface area contributed by atoms with Crippen LogP contribution in [0.1, 0.15) is 22.5 Å². The van der Waals surface area contributed by atoms with Gasteiger partial charge in [0.2, 0.25) is 0 Å². The van der Waals surface area contributed by atoms with E-state index in [2.05, 4.69) is 5.32 Å². The van der Waals surface area contributed by atoms with E-state index < -0.39 is 12.0 Å². The Bertz CT molecular complexity index is 953. The molecule has 0 aliphatic carbocycles. The van der Waals surface area contributed by atoms with Crippen molar-refractivity contribution in [3.05, 3.63) is 71.9 Å². The molecule has 1 atom stereocenters. The molecular formula is C22H24N2O3S. The van der Waals surface area contributed by atoms with Crippen molar-refractivity contribution in [1.82, 2.24) is 9.88 Å². The van der Waals surface area contributed by atoms with Gasteiger partial charge in [0.05, 0.1) is 7.11 Å². The van der Waals surface area contributed by atoms with E-state index in [9.17, 15) is 9.59 Å². The van der Waals surface area contributed by atoms with Crippen molar-refractivity contribution in [2.24, 2.45) is 0 Å². The van der Waals surface area contributed by atoms with Crippen LogP contribution in [0.2, 0.25) is 0 Å². The van der Waals surface area contributed by atoms with Crippen LogP contribution in [0.15, 0.2) is 60.7 Å². The first-order chi connectivity index (χ1) is 13.6. The van der Waals surface area contributed by atoms with Gasteiger partial charge >= 0.3 is 5.97 Å². The van der Waals surface area contributed by atoms with Crippen LogP contribution < -0.4 is 5.32 Å². The molecule has 1 heterocycles. The van der Waals surface area contributed by atoms with Crippen LogP contribution in [-0.4, -0.2) is 41.6 Å². The number of nitrogens with zero attached hydrogens (tertiary/aromatic N) is 1. The number of hydrogen-bond donors (Lipinski definition) is 1. The number of thioether (sulfide) groups is 1. The van der Waals surface area contributed by atoms with Crippen molar-refractivity contribution in [1.29, 1.82) is 0 Å². The van der Waals surface area contributed by atoms with Crippen molar-refractivity contribution in [2.75, 3.05) is 19.1 Å². The summed E-state index contributed by atoms with van der Waals surface area (Å²) in [5.74, 6) is 0.0595. The Morgan fingerprint density at radius 2 is 1.82 bits per heavy atom. The van der Waals surface area contributed by atoms with Crippen molar-refractivity contribution in [2.45, 2.75) is 19.0 Å². The number of esters is 1. The number of amides is 1. The molecule has 1 aromatic heterocycles. The van der Waals surface area contributed by atoms with Crippen LogP contribution in [0.5, 0.6) is 0 Å². The van der Waals surface area contributed by atoms with Crippen molar-refractivity contribution in [3.8, 4) is 0 Å². The number of methoxy groups -OCH3 is 1. The summed E-state index contributed by atoms with van der Waals surface area (Å²) in [6, 6.07) is 19.1. The van der Waals surface area contributed by atoms with Crippen molar-refractivity contribution >= 4 is 34.5 Å². The molecule has 0 saturated carbocycles. The Balaban J connectivity index is 1.93. The molecule has 3 aromatic rings. The Morgan fingerprint density at radius 1 is 1.11 bits per heavy atom. The van der Waals surface area contributed by atoms with Gasteiger partial charge in [-0.15, -0.1) is 0 Å². The summed E-state index contributed by atoms with van der Waals surface area (Å²) in [4.78, 5) is 25.2. The van der Waals surface area contributed by atoms with Crippen molar-refractivity contribution in [3.63, 3.8) is 0 Å². The molecule has 1 amide bonds. The summed E-state index contributed by atoms with van der Waals surface area (Å²) < 4.78 is 6.85. The summed E-state index contributed by atoms with van der Waals surface area (Å²) in [6.07, 6.45) is 2.49. The zero-order valence-corrected chi connectivity index (χ0v) is 16.9. The van der Waals surface area contributed by atoms with Gasteiger partial charge in [-0.05, 0) is 36.1 Å². The molecule has 0 spiro atoms. The predicted octanol–water partition coefficient (Wildman–Crippen LogP) is 3.71. The number of carbonyl (C=O) groups excluding carboxylic acids is 2. The van der Waals surface area contributed by atoms with Gasteiger partial charge in [0.25, 0.3) is 5.91 Å². The second kappa shape index (κ2) is 9.46. The van der Waals surface area contributed by atoms with Gasteiger partial charge in [-0.2, -0.15) is 11.8 Å². The number of benzene rings is 2. The highest BCUT2D eigenvalue weighted by Crippen LogP contribution is 2.22. The SMILES string of the molecule is COC(=O)[C@H](CCSC)NC(=O)c1cc2ccccc2n1Cc1ccccc1. The summed E-state index contributed by atoms with van der Waals surface area (Å²) in [6.45, 7) is 0.574. The predicted molar refractivity (Wildman–Crippen MR) is 114 cm³/mol. The number of para-hydroxylation sites is 1. The molecular weight excluding hydrogens is 372 g/mol. The molecule has 0 aliphatic rings. The second-order valence-electron chi connectivity index (χ2n) is 6.49. The van der Waals surface area contributed by atoms with Gasteiger partial charge in [0, 0.05) is 17.4 Å². The quantitative estimate of drug-likeness (QED) is 0.590. The van der Waals surface area contributed by atoms with Crippen LogP contribution in [0, 0.1) is 0 Å². The van der Waals surface area contributed by atoms with E-state index in [0.717, 1.165) is 22.2 Å². The highest BCUT2D eigenvalue weighted by atomic mass is 32.2. The Morgan fingerprint density at radius 3 is 2.54 bits per heavy atom. The van der Waals surface area contributed by atoms with E-state index in [1.54, 1.807) is 11.8 Å². The molecule has 3 rings (SSSR count). The van der Waals surface area contributed by atoms with Crippen molar-refractivity contribution < 1.29 is 14.3 Å². The average molecular weight is 397 g/mol. The number of carbonyl (C=O) groups is 2. The summed E-state index contributed by atoms with van der Waals surface area (Å²) >= 11 is 1.63. The Hall–Kier alpha value is -2.73. The molecule has 28 heavy (non-hydrogen) atoms. The van der Waals surface area contributed by atoms with E-state index in [1.807, 2.05) is 71.5 Å². The fourth-order valence-electron chi connectivity index (χ4n) is 3.19. The molecule has 6 heteroatoms. The molecule has 0 fully saturated rings. The molecule has 5 nitrogen and oxygen atoms in total. The largest absolute Gasteiger partial charge is 0.467 e. The fraction of sp³-hybridized carbons (Fsp3) is 0.273. The number of nitrogens with one attached hydrogen (secondary N) is 1. The molecule has 146 valence electrons. The van der Waals surface area contributed by atoms with Crippen LogP contribution in [-0.2, 0) is 16.1 Å². The van der Waals surface area contributed by atoms with Crippen LogP contribution in [0.25, 0.3) is 10.9 Å². The molecule has 2 aromatic carbocycles. The molecule has 0 bridgehead atoms. The minimum absolute atomic E-state index is 0.274. The zero-order chi connectivity index (χ0) is 19.9. The molecule has 1 N–H and O–H groups in total. The number of ether oxygens (including phenoxy) is 1. The lowest BCUT2D eigenvalue weighted by molar-refractivity contribution is -0.142. The van der Waals surface area contributed by atoms with E-state index >= 15 is 0 Å². The lowest BCUT2D eigenvalue weighted by Crippen LogP contribution is -2.42. The third-order valence-corrected chi connectivity index (χ3v) is 5.27. The van der Waals surface area contributed by atoms with E-state index in [0.29, 0.717) is 18.7 Å². The molecule has 0 unspecified atom stereocenters. The standard InChI is InChI=1S/C22H24N2O3S/c1-27-22(26)18(12-13-28-2)23-21(25)20-14-17-10-6-7-11-19(17)24(20)15-16-8-4-3-5-9-16/h3-11,14,18H,12-13,15H2,1-2H3,(H,23,25)/t18-/m0/s1. The minimum Gasteiger partial charge on any atom is -0.467 e. The van der Waals surface area contributed by atoms with Gasteiger partial charge in [0.1, 0.15) is 11.7 Å². The maximum absolute atomic E-state index is 13.1. The van der Waals surface area contributed by atoms with Gasteiger partial charge in [-0.1, -0.05) is 48.5 Å². The monoisotopic (exact) mass is 396 g/mol. The van der Waals surface area contributed by atoms with Crippen LogP contribution >= 0.6 is 11.8 Å². The normalized spacial score (nSPS) is 11.9. The van der Waals surface area contributed by atoms with Gasteiger partial charge in [-0.25, -0.2) is 4.79 Å². The molecule has 0 saturated heterocycles. The van der Waals surface area contributed by atoms with Gasteiger partial charge in [-0.3, -0.25) is 4.79 Å². The molecule has 0 aliphatic heterocycles. The maximum atomic E-state index is 13.1. The number of hydrogen-bond acceptors (Lipinski definition) is 4. The smallest absolute Gasteiger partial charge is 0.328 e. The number of rotatable bonds is 8. The highest BCUT2D eigenvalue weighted by Gasteiger charge is 2.24. The number of aromatic nitrogens is 1. The summed E-state index contributed by atoms with van der Waals surface area (Å²) in [5.41, 5.74) is 2.61. The summed E-state index contributed by atoms with van der Waals surface area (Å²) in [7, 11) is 1.34. The Labute approximate surface area is 169 Å². The summed E-state index contributed by atoms with van der Waals surface area (Å²) in [5, 5.41) is 3.85. The van der Waals surface area contributed by atoms with Gasteiger partial charge < -0.3 is 14.6 Å². The van der Waals surface area contributed by atoms with E-state index in [1.165, 1.54) is 7.11 Å². The highest BCUT2D eigenvalue weighted by molar-refractivity contribution is 7.98. The number of fused-ring (bicyclic) bond motifs is 1.